The lowest BCUT2D eigenvalue weighted by atomic mass is 9.99. The molecule has 1 heterocycles. The van der Waals surface area contributed by atoms with Crippen molar-refractivity contribution in [3.63, 3.8) is 0 Å². The number of hydrogen-bond acceptors (Lipinski definition) is 11. The van der Waals surface area contributed by atoms with E-state index in [0.29, 0.717) is 12.8 Å². The van der Waals surface area contributed by atoms with Gasteiger partial charge in [0.15, 0.2) is 6.29 Å². The summed E-state index contributed by atoms with van der Waals surface area (Å²) in [5, 5.41) is 55.1. The molecule has 13 nitrogen and oxygen atoms in total. The predicted octanol–water partition coefficient (Wildman–Crippen LogP) is 11.4. The smallest absolute Gasteiger partial charge is 0.394 e. The minimum Gasteiger partial charge on any atom is -0.394 e. The van der Waals surface area contributed by atoms with Gasteiger partial charge in [-0.05, 0) is 57.8 Å². The second kappa shape index (κ2) is 44.7. The highest BCUT2D eigenvalue weighted by molar-refractivity contribution is 7.80. The van der Waals surface area contributed by atoms with E-state index < -0.39 is 78.5 Å². The lowest BCUT2D eigenvalue weighted by molar-refractivity contribution is -0.298. The first kappa shape index (κ1) is 65.0. The van der Waals surface area contributed by atoms with Crippen LogP contribution in [-0.4, -0.2) is 107 Å². The first-order chi connectivity index (χ1) is 33.4. The number of unbranched alkanes of at least 4 members (excludes halogenated alkanes) is 28. The van der Waals surface area contributed by atoms with E-state index in [1.807, 2.05) is 0 Å². The Labute approximate surface area is 420 Å². The molecular weight excluding hydrogens is 899 g/mol. The Hall–Kier alpha value is -1.98. The quantitative estimate of drug-likeness (QED) is 0.0172. The van der Waals surface area contributed by atoms with E-state index in [2.05, 4.69) is 59.8 Å². The monoisotopic (exact) mass is 1000 g/mol. The van der Waals surface area contributed by atoms with Gasteiger partial charge >= 0.3 is 10.4 Å². The van der Waals surface area contributed by atoms with Crippen LogP contribution < -0.4 is 5.32 Å². The summed E-state index contributed by atoms with van der Waals surface area (Å²) >= 11 is 0. The number of rotatable bonds is 47. The molecule has 1 amide bonds. The van der Waals surface area contributed by atoms with Crippen molar-refractivity contribution in [2.45, 2.75) is 281 Å². The fourth-order valence-corrected chi connectivity index (χ4v) is 9.06. The molecule has 0 bridgehead atoms. The summed E-state index contributed by atoms with van der Waals surface area (Å²) in [5.41, 5.74) is 0. The number of hydrogen-bond donors (Lipinski definition) is 7. The van der Waals surface area contributed by atoms with Gasteiger partial charge in [0.1, 0.15) is 30.5 Å². The van der Waals surface area contributed by atoms with Crippen LogP contribution in [0.1, 0.15) is 232 Å². The Morgan fingerprint density at radius 2 is 1.03 bits per heavy atom. The molecule has 0 saturated carbocycles. The minimum absolute atomic E-state index is 0.236. The van der Waals surface area contributed by atoms with Crippen LogP contribution in [-0.2, 0) is 28.9 Å². The molecule has 1 fully saturated rings. The molecule has 0 radical (unpaired) electrons. The Kier molecular flexibility index (Phi) is 42.1. The average Bonchev–Trinajstić information content (AvgIpc) is 3.32. The fraction of sp³-hybridized carbons (Fsp3) is 0.836. The highest BCUT2D eigenvalue weighted by atomic mass is 32.3. The molecule has 14 heteroatoms. The van der Waals surface area contributed by atoms with Crippen molar-refractivity contribution < 1.29 is 57.0 Å². The van der Waals surface area contributed by atoms with Gasteiger partial charge in [-0.15, -0.1) is 0 Å². The summed E-state index contributed by atoms with van der Waals surface area (Å²) in [7, 11) is -5.12. The van der Waals surface area contributed by atoms with Crippen LogP contribution in [0.15, 0.2) is 48.6 Å². The molecule has 1 aliphatic rings. The van der Waals surface area contributed by atoms with Crippen molar-refractivity contribution in [1.82, 2.24) is 5.32 Å². The number of aliphatic hydroxyl groups is 5. The van der Waals surface area contributed by atoms with Crippen LogP contribution in [0.3, 0.4) is 0 Å². The van der Waals surface area contributed by atoms with Crippen molar-refractivity contribution in [2.24, 2.45) is 0 Å². The highest BCUT2D eigenvalue weighted by Crippen LogP contribution is 2.26. The van der Waals surface area contributed by atoms with E-state index in [1.54, 1.807) is 6.08 Å². The zero-order valence-electron chi connectivity index (χ0n) is 43.2. The van der Waals surface area contributed by atoms with Gasteiger partial charge in [-0.3, -0.25) is 9.35 Å². The van der Waals surface area contributed by atoms with Gasteiger partial charge in [-0.1, -0.05) is 223 Å². The number of aliphatic hydroxyl groups excluding tert-OH is 5. The van der Waals surface area contributed by atoms with Crippen molar-refractivity contribution in [3.8, 4) is 0 Å². The van der Waals surface area contributed by atoms with E-state index in [-0.39, 0.29) is 6.42 Å². The summed E-state index contributed by atoms with van der Waals surface area (Å²) in [6, 6.07) is -1.13. The Morgan fingerprint density at radius 1 is 0.594 bits per heavy atom. The summed E-state index contributed by atoms with van der Waals surface area (Å²) in [4.78, 5) is 13.1. The standard InChI is InChI=1S/C55H101NO12S/c1-3-5-7-9-11-13-14-15-16-17-18-19-20-21-22-23-24-25-26-27-28-29-30-31-32-33-34-35-36-38-40-42-44-49(59)54(62)56-47(48(58)43-41-39-37-12-10-8-6-4-2)46-66-55-52(61)53(68-69(63,64)65)51(60)50(45-57)67-55/h10,12,18-19,21-22,41,43,47-53,55,57-61H,3-9,11,13-17,20,23-40,42,44-46H2,1-2H3,(H,56,62)(H,63,64,65)/b12-10+,19-18-,22-21-,43-41+. The van der Waals surface area contributed by atoms with Crippen molar-refractivity contribution in [1.29, 1.82) is 0 Å². The number of carbonyl (C=O) groups is 1. The van der Waals surface area contributed by atoms with Crippen molar-refractivity contribution in [2.75, 3.05) is 13.2 Å². The molecule has 0 aromatic carbocycles. The van der Waals surface area contributed by atoms with Gasteiger partial charge in [-0.25, -0.2) is 4.18 Å². The predicted molar refractivity (Wildman–Crippen MR) is 279 cm³/mol. The summed E-state index contributed by atoms with van der Waals surface area (Å²) in [5.74, 6) is -0.715. The number of allylic oxidation sites excluding steroid dienone is 7. The third-order valence-corrected chi connectivity index (χ3v) is 13.4. The first-order valence-electron chi connectivity index (χ1n) is 27.6. The second-order valence-electron chi connectivity index (χ2n) is 19.3. The lowest BCUT2D eigenvalue weighted by Gasteiger charge is -2.41. The number of amides is 1. The number of nitrogens with one attached hydrogen (secondary N) is 1. The zero-order valence-corrected chi connectivity index (χ0v) is 44.1. The van der Waals surface area contributed by atoms with Gasteiger partial charge in [0.05, 0.1) is 25.4 Å². The molecule has 0 aromatic rings. The van der Waals surface area contributed by atoms with Crippen molar-refractivity contribution in [3.05, 3.63) is 48.6 Å². The lowest BCUT2D eigenvalue weighted by Crippen LogP contribution is -2.61. The van der Waals surface area contributed by atoms with E-state index in [9.17, 15) is 43.3 Å². The van der Waals surface area contributed by atoms with Crippen molar-refractivity contribution >= 4 is 16.3 Å². The van der Waals surface area contributed by atoms with Gasteiger partial charge in [0.25, 0.3) is 0 Å². The highest BCUT2D eigenvalue weighted by Gasteiger charge is 2.48. The van der Waals surface area contributed by atoms with Gasteiger partial charge < -0.3 is 40.3 Å². The second-order valence-corrected chi connectivity index (χ2v) is 20.3. The van der Waals surface area contributed by atoms with Crippen LogP contribution in [0.25, 0.3) is 0 Å². The third kappa shape index (κ3) is 36.6. The minimum atomic E-state index is -5.12. The molecule has 1 rings (SSSR count). The molecule has 8 unspecified atom stereocenters. The van der Waals surface area contributed by atoms with Gasteiger partial charge in [-0.2, -0.15) is 8.42 Å². The van der Waals surface area contributed by atoms with Gasteiger partial charge in [0.2, 0.25) is 5.91 Å². The molecule has 0 aliphatic carbocycles. The maximum absolute atomic E-state index is 13.1. The van der Waals surface area contributed by atoms with E-state index >= 15 is 0 Å². The van der Waals surface area contributed by atoms with E-state index in [4.69, 9.17) is 9.47 Å². The summed E-state index contributed by atoms with van der Waals surface area (Å²) in [6.45, 7) is 3.12. The first-order valence-corrected chi connectivity index (χ1v) is 29.0. The number of carbonyl (C=O) groups excluding carboxylic acids is 1. The van der Waals surface area contributed by atoms with Crippen LogP contribution in [0.4, 0.5) is 0 Å². The van der Waals surface area contributed by atoms with Crippen LogP contribution in [0.5, 0.6) is 0 Å². The summed E-state index contributed by atoms with van der Waals surface area (Å²) < 4.78 is 47.4. The molecule has 0 spiro atoms. The average molecular weight is 1000 g/mol. The number of ether oxygens (including phenoxy) is 2. The summed E-state index contributed by atoms with van der Waals surface area (Å²) in [6.07, 6.45) is 45.5. The molecule has 1 aliphatic heterocycles. The van der Waals surface area contributed by atoms with Crippen LogP contribution in [0, 0.1) is 0 Å². The Bertz CT molecular complexity index is 1420. The van der Waals surface area contributed by atoms with E-state index in [1.165, 1.54) is 154 Å². The van der Waals surface area contributed by atoms with Crippen LogP contribution >= 0.6 is 0 Å². The molecule has 69 heavy (non-hydrogen) atoms. The maximum atomic E-state index is 13.1. The van der Waals surface area contributed by atoms with Gasteiger partial charge in [0, 0.05) is 0 Å². The Morgan fingerprint density at radius 3 is 1.52 bits per heavy atom. The maximum Gasteiger partial charge on any atom is 0.397 e. The largest absolute Gasteiger partial charge is 0.397 e. The molecule has 1 saturated heterocycles. The topological polar surface area (TPSA) is 212 Å². The molecule has 404 valence electrons. The third-order valence-electron chi connectivity index (χ3n) is 12.9. The molecule has 0 aromatic heterocycles. The molecule has 7 N–H and O–H groups in total. The van der Waals surface area contributed by atoms with Crippen LogP contribution in [0.2, 0.25) is 0 Å². The molecular formula is C55H101NO12S. The van der Waals surface area contributed by atoms with E-state index in [0.717, 1.165) is 51.4 Å². The SMILES string of the molecule is CCCC/C=C/CC/C=C/C(O)C(COC1OC(CO)C(O)C(OS(=O)(=O)O)C1O)NC(=O)C(O)CCCCCCCCCCCCCCCCCC/C=C\C/C=C\CCCCCCCCCCC. The molecule has 8 atom stereocenters. The Balaban J connectivity index is 2.23. The normalized spacial score (nSPS) is 20.5. The fourth-order valence-electron chi connectivity index (χ4n) is 8.55. The zero-order chi connectivity index (χ0) is 50.6.